The van der Waals surface area contributed by atoms with Crippen LogP contribution in [0.3, 0.4) is 0 Å². The molecule has 0 radical (unpaired) electrons. The van der Waals surface area contributed by atoms with E-state index in [0.717, 1.165) is 44.6 Å². The quantitative estimate of drug-likeness (QED) is 0.800. The van der Waals surface area contributed by atoms with Crippen molar-refractivity contribution in [2.24, 2.45) is 5.92 Å². The SMILES string of the molecule is CCN(CC)C(=O)C1CCN(Cc2nc(-c3cccnc3)no2)CC1. The van der Waals surface area contributed by atoms with E-state index in [0.29, 0.717) is 24.2 Å². The van der Waals surface area contributed by atoms with Crippen LogP contribution < -0.4 is 0 Å². The van der Waals surface area contributed by atoms with E-state index < -0.39 is 0 Å². The van der Waals surface area contributed by atoms with Crippen LogP contribution in [0, 0.1) is 5.92 Å². The van der Waals surface area contributed by atoms with Crippen molar-refractivity contribution in [2.75, 3.05) is 26.2 Å². The molecule has 2 aromatic rings. The van der Waals surface area contributed by atoms with E-state index in [4.69, 9.17) is 4.52 Å². The molecule has 3 rings (SSSR count). The van der Waals surface area contributed by atoms with Crippen molar-refractivity contribution in [3.05, 3.63) is 30.4 Å². The normalized spacial score (nSPS) is 16.1. The zero-order chi connectivity index (χ0) is 17.6. The van der Waals surface area contributed by atoms with E-state index in [1.807, 2.05) is 30.9 Å². The average Bonchev–Trinajstić information content (AvgIpc) is 3.12. The lowest BCUT2D eigenvalue weighted by Crippen LogP contribution is -2.42. The lowest BCUT2D eigenvalue weighted by molar-refractivity contribution is -0.136. The largest absolute Gasteiger partial charge is 0.343 e. The molecule has 0 bridgehead atoms. The molecule has 0 aliphatic carbocycles. The van der Waals surface area contributed by atoms with Crippen molar-refractivity contribution >= 4 is 5.91 Å². The Bertz CT molecular complexity index is 676. The van der Waals surface area contributed by atoms with Gasteiger partial charge in [-0.25, -0.2) is 0 Å². The topological polar surface area (TPSA) is 75.4 Å². The highest BCUT2D eigenvalue weighted by Gasteiger charge is 2.28. The molecule has 0 aromatic carbocycles. The molecule has 3 heterocycles. The number of hydrogen-bond donors (Lipinski definition) is 0. The van der Waals surface area contributed by atoms with Gasteiger partial charge in [0.25, 0.3) is 0 Å². The highest BCUT2D eigenvalue weighted by molar-refractivity contribution is 5.78. The summed E-state index contributed by atoms with van der Waals surface area (Å²) in [5.74, 6) is 1.60. The fourth-order valence-corrected chi connectivity index (χ4v) is 3.25. The number of amides is 1. The van der Waals surface area contributed by atoms with E-state index in [1.54, 1.807) is 12.4 Å². The zero-order valence-electron chi connectivity index (χ0n) is 14.9. The van der Waals surface area contributed by atoms with Gasteiger partial charge in [-0.3, -0.25) is 14.7 Å². The first-order chi connectivity index (χ1) is 12.2. The summed E-state index contributed by atoms with van der Waals surface area (Å²) >= 11 is 0. The summed E-state index contributed by atoms with van der Waals surface area (Å²) in [6.07, 6.45) is 5.21. The lowest BCUT2D eigenvalue weighted by Gasteiger charge is -2.32. The minimum absolute atomic E-state index is 0.143. The van der Waals surface area contributed by atoms with E-state index in [9.17, 15) is 4.79 Å². The van der Waals surface area contributed by atoms with Gasteiger partial charge >= 0.3 is 0 Å². The summed E-state index contributed by atoms with van der Waals surface area (Å²) in [6, 6.07) is 3.76. The van der Waals surface area contributed by atoms with Crippen molar-refractivity contribution in [1.82, 2.24) is 24.9 Å². The fourth-order valence-electron chi connectivity index (χ4n) is 3.25. The summed E-state index contributed by atoms with van der Waals surface area (Å²) in [5.41, 5.74) is 0.848. The standard InChI is InChI=1S/C18H25N5O2/c1-3-23(4-2)18(24)14-7-10-22(11-8-14)13-16-20-17(21-25-16)15-6-5-9-19-12-15/h5-6,9,12,14H,3-4,7-8,10-11,13H2,1-2H3. The number of likely N-dealkylation sites (tertiary alicyclic amines) is 1. The number of hydrogen-bond acceptors (Lipinski definition) is 6. The molecule has 25 heavy (non-hydrogen) atoms. The molecule has 7 nitrogen and oxygen atoms in total. The molecule has 7 heteroatoms. The molecule has 0 unspecified atom stereocenters. The molecule has 1 saturated heterocycles. The molecule has 0 atom stereocenters. The van der Waals surface area contributed by atoms with Gasteiger partial charge < -0.3 is 9.42 Å². The van der Waals surface area contributed by atoms with Gasteiger partial charge in [-0.1, -0.05) is 5.16 Å². The Labute approximate surface area is 148 Å². The number of rotatable bonds is 6. The van der Waals surface area contributed by atoms with Gasteiger partial charge in [0.2, 0.25) is 17.6 Å². The van der Waals surface area contributed by atoms with Crippen LogP contribution >= 0.6 is 0 Å². The van der Waals surface area contributed by atoms with E-state index >= 15 is 0 Å². The van der Waals surface area contributed by atoms with Gasteiger partial charge in [0, 0.05) is 37.0 Å². The average molecular weight is 343 g/mol. The van der Waals surface area contributed by atoms with Crippen molar-refractivity contribution < 1.29 is 9.32 Å². The minimum atomic E-state index is 0.143. The Kier molecular flexibility index (Phi) is 5.75. The third-order valence-electron chi connectivity index (χ3n) is 4.76. The van der Waals surface area contributed by atoms with E-state index in [1.165, 1.54) is 0 Å². The number of nitrogens with zero attached hydrogens (tertiary/aromatic N) is 5. The minimum Gasteiger partial charge on any atom is -0.343 e. The van der Waals surface area contributed by atoms with Crippen molar-refractivity contribution in [1.29, 1.82) is 0 Å². The third-order valence-corrected chi connectivity index (χ3v) is 4.76. The molecule has 1 amide bonds. The summed E-state index contributed by atoms with van der Waals surface area (Å²) in [6.45, 7) is 8.02. The van der Waals surface area contributed by atoms with Crippen LogP contribution in [0.25, 0.3) is 11.4 Å². The molecular formula is C18H25N5O2. The van der Waals surface area contributed by atoms with Gasteiger partial charge in [0.15, 0.2) is 0 Å². The van der Waals surface area contributed by atoms with Gasteiger partial charge in [-0.2, -0.15) is 4.98 Å². The first-order valence-corrected chi connectivity index (χ1v) is 8.95. The van der Waals surface area contributed by atoms with E-state index in [-0.39, 0.29) is 5.92 Å². The second-order valence-corrected chi connectivity index (χ2v) is 6.31. The smallest absolute Gasteiger partial charge is 0.241 e. The van der Waals surface area contributed by atoms with Crippen LogP contribution in [0.15, 0.2) is 29.0 Å². The predicted octanol–water partition coefficient (Wildman–Crippen LogP) is 2.21. The second-order valence-electron chi connectivity index (χ2n) is 6.31. The van der Waals surface area contributed by atoms with Gasteiger partial charge in [0.1, 0.15) is 0 Å². The van der Waals surface area contributed by atoms with Crippen LogP contribution in [-0.2, 0) is 11.3 Å². The maximum absolute atomic E-state index is 12.4. The molecule has 1 fully saturated rings. The maximum atomic E-state index is 12.4. The number of carbonyl (C=O) groups excluding carboxylic acids is 1. The first-order valence-electron chi connectivity index (χ1n) is 8.95. The van der Waals surface area contributed by atoms with Crippen molar-refractivity contribution in [2.45, 2.75) is 33.2 Å². The van der Waals surface area contributed by atoms with Crippen molar-refractivity contribution in [3.8, 4) is 11.4 Å². The summed E-state index contributed by atoms with van der Waals surface area (Å²) in [7, 11) is 0. The molecule has 1 aliphatic heterocycles. The van der Waals surface area contributed by atoms with Gasteiger partial charge in [-0.05, 0) is 51.9 Å². The number of pyridine rings is 1. The maximum Gasteiger partial charge on any atom is 0.241 e. The van der Waals surface area contributed by atoms with Crippen LogP contribution in [0.5, 0.6) is 0 Å². The molecular weight excluding hydrogens is 318 g/mol. The van der Waals surface area contributed by atoms with Crippen LogP contribution in [0.2, 0.25) is 0 Å². The summed E-state index contributed by atoms with van der Waals surface area (Å²) in [5, 5.41) is 4.03. The molecule has 2 aromatic heterocycles. The lowest BCUT2D eigenvalue weighted by atomic mass is 9.95. The molecule has 0 spiro atoms. The monoisotopic (exact) mass is 343 g/mol. The summed E-state index contributed by atoms with van der Waals surface area (Å²) < 4.78 is 5.36. The Morgan fingerprint density at radius 1 is 1.32 bits per heavy atom. The number of carbonyl (C=O) groups is 1. The highest BCUT2D eigenvalue weighted by Crippen LogP contribution is 2.21. The van der Waals surface area contributed by atoms with Crippen LogP contribution in [0.4, 0.5) is 0 Å². The fraction of sp³-hybridized carbons (Fsp3) is 0.556. The first kappa shape index (κ1) is 17.5. The zero-order valence-corrected chi connectivity index (χ0v) is 14.9. The molecule has 0 saturated carbocycles. The Hall–Kier alpha value is -2.28. The summed E-state index contributed by atoms with van der Waals surface area (Å²) in [4.78, 5) is 25.2. The molecule has 1 aliphatic rings. The predicted molar refractivity (Wildman–Crippen MR) is 93.5 cm³/mol. The Morgan fingerprint density at radius 3 is 2.72 bits per heavy atom. The van der Waals surface area contributed by atoms with Gasteiger partial charge in [-0.15, -0.1) is 0 Å². The highest BCUT2D eigenvalue weighted by atomic mass is 16.5. The van der Waals surface area contributed by atoms with Crippen LogP contribution in [-0.4, -0.2) is 57.0 Å². The van der Waals surface area contributed by atoms with Gasteiger partial charge in [0.05, 0.1) is 6.54 Å². The van der Waals surface area contributed by atoms with Crippen molar-refractivity contribution in [3.63, 3.8) is 0 Å². The van der Waals surface area contributed by atoms with E-state index in [2.05, 4.69) is 20.0 Å². The third kappa shape index (κ3) is 4.22. The second kappa shape index (κ2) is 8.20. The Balaban J connectivity index is 1.53. The van der Waals surface area contributed by atoms with Crippen LogP contribution in [0.1, 0.15) is 32.6 Å². The molecule has 0 N–H and O–H groups in total. The number of piperidine rings is 1. The Morgan fingerprint density at radius 2 is 2.08 bits per heavy atom. The number of aromatic nitrogens is 3. The molecule has 134 valence electrons.